The van der Waals surface area contributed by atoms with Gasteiger partial charge in [0, 0.05) is 6.07 Å². The fourth-order valence-electron chi connectivity index (χ4n) is 0.536. The van der Waals surface area contributed by atoms with Crippen LogP contribution in [0, 0.1) is 17.8 Å². The number of rotatable bonds is 1. The van der Waals surface area contributed by atoms with E-state index in [0.717, 1.165) is 5.56 Å². The molecule has 0 aliphatic rings. The Morgan fingerprint density at radius 2 is 2.40 bits per heavy atom. The molecular weight excluding hydrogens is 151 g/mol. The first kappa shape index (κ1) is 10.1. The molecule has 0 radical (unpaired) electrons. The molecular formula is C7H5KN2. The van der Waals surface area contributed by atoms with Gasteiger partial charge in [0.2, 0.25) is 0 Å². The minimum Gasteiger partial charge on any atom is -0.329 e. The Bertz CT molecular complexity index is 215. The fourth-order valence-corrected chi connectivity index (χ4v) is 0.536. The van der Waals surface area contributed by atoms with Gasteiger partial charge in [-0.25, -0.2) is 5.26 Å². The minimum atomic E-state index is 0. The maximum Gasteiger partial charge on any atom is 1.00 e. The maximum atomic E-state index is 8.19. The Morgan fingerprint density at radius 3 is 2.90 bits per heavy atom. The number of aromatic nitrogens is 1. The van der Waals surface area contributed by atoms with Gasteiger partial charge in [-0.05, 0) is 6.20 Å². The van der Waals surface area contributed by atoms with Gasteiger partial charge >= 0.3 is 51.4 Å². The van der Waals surface area contributed by atoms with Crippen LogP contribution in [0.1, 0.15) is 5.56 Å². The van der Waals surface area contributed by atoms with Crippen molar-refractivity contribution in [2.45, 2.75) is 0 Å². The first-order valence-electron chi connectivity index (χ1n) is 2.56. The van der Waals surface area contributed by atoms with E-state index >= 15 is 0 Å². The summed E-state index contributed by atoms with van der Waals surface area (Å²) in [6, 6.07) is 5.54. The first-order valence-corrected chi connectivity index (χ1v) is 2.56. The van der Waals surface area contributed by atoms with Crippen LogP contribution in [0.5, 0.6) is 0 Å². The van der Waals surface area contributed by atoms with Gasteiger partial charge in [0.15, 0.2) is 0 Å². The molecule has 0 aliphatic heterocycles. The van der Waals surface area contributed by atoms with Crippen LogP contribution in [0.3, 0.4) is 0 Å². The Hall–Kier alpha value is 0.146. The molecule has 0 fully saturated rings. The van der Waals surface area contributed by atoms with Crippen molar-refractivity contribution in [1.29, 1.82) is 5.26 Å². The Morgan fingerprint density at radius 1 is 1.60 bits per heavy atom. The van der Waals surface area contributed by atoms with E-state index in [2.05, 4.69) is 4.98 Å². The van der Waals surface area contributed by atoms with Crippen LogP contribution in [-0.4, -0.2) is 4.98 Å². The summed E-state index contributed by atoms with van der Waals surface area (Å²) in [7, 11) is 0. The molecule has 0 aromatic carbocycles. The predicted molar refractivity (Wildman–Crippen MR) is 33.3 cm³/mol. The summed E-state index contributed by atoms with van der Waals surface area (Å²) in [4.78, 5) is 3.82. The minimum absolute atomic E-state index is 0. The van der Waals surface area contributed by atoms with Gasteiger partial charge in [0.25, 0.3) is 0 Å². The Balaban J connectivity index is 0.000000810. The zero-order valence-corrected chi connectivity index (χ0v) is 8.90. The molecule has 0 bridgehead atoms. The molecule has 3 heteroatoms. The zero-order valence-electron chi connectivity index (χ0n) is 5.78. The second-order valence-corrected chi connectivity index (χ2v) is 1.56. The summed E-state index contributed by atoms with van der Waals surface area (Å²) in [5.41, 5.74) is 0.847. The van der Waals surface area contributed by atoms with Crippen molar-refractivity contribution in [1.82, 2.24) is 4.98 Å². The van der Waals surface area contributed by atoms with Crippen molar-refractivity contribution in [2.75, 3.05) is 0 Å². The monoisotopic (exact) mass is 156 g/mol. The molecule has 0 spiro atoms. The van der Waals surface area contributed by atoms with Crippen molar-refractivity contribution in [3.63, 3.8) is 0 Å². The maximum absolute atomic E-state index is 8.19. The van der Waals surface area contributed by atoms with Crippen LogP contribution < -0.4 is 51.4 Å². The van der Waals surface area contributed by atoms with E-state index in [9.17, 15) is 0 Å². The van der Waals surface area contributed by atoms with E-state index in [-0.39, 0.29) is 51.4 Å². The Labute approximate surface area is 103 Å². The molecule has 0 atom stereocenters. The number of nitrogens with zero attached hydrogens (tertiary/aromatic N) is 2. The van der Waals surface area contributed by atoms with Gasteiger partial charge in [-0.3, -0.25) is 0 Å². The fraction of sp³-hybridized carbons (Fsp3) is 0. The molecule has 1 aromatic rings. The second kappa shape index (κ2) is 5.90. The largest absolute Gasteiger partial charge is 1.00 e. The average Bonchev–Trinajstić information content (AvgIpc) is 1.91. The van der Waals surface area contributed by atoms with Crippen LogP contribution in [0.2, 0.25) is 0 Å². The molecule has 1 rings (SSSR count). The number of nitriles is 1. The molecule has 0 N–H and O–H groups in total. The van der Waals surface area contributed by atoms with Crippen molar-refractivity contribution < 1.29 is 51.4 Å². The van der Waals surface area contributed by atoms with E-state index < -0.39 is 0 Å². The van der Waals surface area contributed by atoms with Gasteiger partial charge < -0.3 is 4.98 Å². The molecule has 1 aromatic heterocycles. The van der Waals surface area contributed by atoms with E-state index in [4.69, 9.17) is 5.26 Å². The SMILES string of the molecule is N#C[CH-]c1cccnc1.[K+]. The molecule has 2 nitrogen and oxygen atoms in total. The van der Waals surface area contributed by atoms with E-state index in [0.29, 0.717) is 0 Å². The quantitative estimate of drug-likeness (QED) is 0.354. The van der Waals surface area contributed by atoms with E-state index in [1.54, 1.807) is 18.5 Å². The third-order valence-electron chi connectivity index (χ3n) is 0.916. The van der Waals surface area contributed by atoms with Gasteiger partial charge in [-0.2, -0.15) is 11.6 Å². The van der Waals surface area contributed by atoms with Crippen LogP contribution in [0.25, 0.3) is 0 Å². The van der Waals surface area contributed by atoms with Crippen LogP contribution >= 0.6 is 0 Å². The summed E-state index contributed by atoms with van der Waals surface area (Å²) in [6.45, 7) is 0. The summed E-state index contributed by atoms with van der Waals surface area (Å²) in [5.74, 6) is 0. The molecule has 0 aliphatic carbocycles. The normalized spacial score (nSPS) is 7.10. The van der Waals surface area contributed by atoms with Crippen molar-refractivity contribution in [2.24, 2.45) is 0 Å². The second-order valence-electron chi connectivity index (χ2n) is 1.56. The molecule has 0 saturated carbocycles. The number of hydrogen-bond donors (Lipinski definition) is 0. The topological polar surface area (TPSA) is 36.7 Å². The van der Waals surface area contributed by atoms with Crippen molar-refractivity contribution in [3.05, 3.63) is 36.5 Å². The number of pyridine rings is 1. The van der Waals surface area contributed by atoms with Crippen molar-refractivity contribution in [3.8, 4) is 6.07 Å². The van der Waals surface area contributed by atoms with Gasteiger partial charge in [-0.1, -0.05) is 12.6 Å². The molecule has 44 valence electrons. The molecule has 1 heterocycles. The standard InChI is InChI=1S/C7H5N2.K/c8-4-3-7-2-1-5-9-6-7;/h1-3,5-6H;/q-1;+1. The molecule has 0 amide bonds. The van der Waals surface area contributed by atoms with Crippen molar-refractivity contribution >= 4 is 0 Å². The molecule has 0 saturated heterocycles. The average molecular weight is 156 g/mol. The third-order valence-corrected chi connectivity index (χ3v) is 0.916. The Kier molecular flexibility index (Phi) is 5.98. The molecule has 0 unspecified atom stereocenters. The van der Waals surface area contributed by atoms with Gasteiger partial charge in [-0.15, -0.1) is 6.07 Å². The van der Waals surface area contributed by atoms with Gasteiger partial charge in [0.1, 0.15) is 0 Å². The number of hydrogen-bond acceptors (Lipinski definition) is 2. The first-order chi connectivity index (χ1) is 4.43. The van der Waals surface area contributed by atoms with Crippen LogP contribution in [-0.2, 0) is 0 Å². The van der Waals surface area contributed by atoms with E-state index in [1.807, 2.05) is 12.1 Å². The summed E-state index contributed by atoms with van der Waals surface area (Å²) < 4.78 is 0. The predicted octanol–water partition coefficient (Wildman–Crippen LogP) is -1.84. The zero-order chi connectivity index (χ0) is 6.53. The smallest absolute Gasteiger partial charge is 0.329 e. The summed E-state index contributed by atoms with van der Waals surface area (Å²) in [6.07, 6.45) is 4.77. The van der Waals surface area contributed by atoms with Gasteiger partial charge in [0.05, 0.1) is 0 Å². The summed E-state index contributed by atoms with van der Waals surface area (Å²) >= 11 is 0. The van der Waals surface area contributed by atoms with Crippen LogP contribution in [0.15, 0.2) is 24.5 Å². The molecule has 10 heavy (non-hydrogen) atoms. The van der Waals surface area contributed by atoms with Crippen LogP contribution in [0.4, 0.5) is 0 Å². The summed E-state index contributed by atoms with van der Waals surface area (Å²) in [5, 5.41) is 8.19. The van der Waals surface area contributed by atoms with E-state index in [1.165, 1.54) is 6.42 Å². The third kappa shape index (κ3) is 3.35.